The zero-order valence-corrected chi connectivity index (χ0v) is 9.07. The van der Waals surface area contributed by atoms with Crippen LogP contribution < -0.4 is 5.73 Å². The number of aromatic nitrogens is 1. The van der Waals surface area contributed by atoms with Gasteiger partial charge in [0.05, 0.1) is 7.11 Å². The molecule has 16 heavy (non-hydrogen) atoms. The van der Waals surface area contributed by atoms with E-state index in [-0.39, 0.29) is 5.97 Å². The van der Waals surface area contributed by atoms with E-state index in [1.807, 2.05) is 30.5 Å². The molecule has 0 fully saturated rings. The second-order valence-corrected chi connectivity index (χ2v) is 3.69. The summed E-state index contributed by atoms with van der Waals surface area (Å²) in [5.41, 5.74) is 7.84. The van der Waals surface area contributed by atoms with E-state index in [4.69, 9.17) is 5.73 Å². The third kappa shape index (κ3) is 1.92. The van der Waals surface area contributed by atoms with Gasteiger partial charge in [0, 0.05) is 17.1 Å². The molecule has 2 aromatic rings. The second-order valence-electron chi connectivity index (χ2n) is 3.69. The summed E-state index contributed by atoms with van der Waals surface area (Å²) < 4.78 is 4.61. The van der Waals surface area contributed by atoms with Crippen LogP contribution >= 0.6 is 0 Å². The first-order chi connectivity index (χ1) is 7.72. The lowest BCUT2D eigenvalue weighted by molar-refractivity contribution is -0.142. The second kappa shape index (κ2) is 4.37. The number of carbonyl (C=O) groups is 1. The number of aromatic amines is 1. The molecule has 1 aromatic heterocycles. The molecule has 0 aliphatic rings. The number of esters is 1. The fourth-order valence-corrected chi connectivity index (χ4v) is 1.80. The van der Waals surface area contributed by atoms with E-state index in [1.54, 1.807) is 0 Å². The lowest BCUT2D eigenvalue weighted by Crippen LogP contribution is -2.33. The van der Waals surface area contributed by atoms with E-state index < -0.39 is 6.04 Å². The number of carbonyl (C=O) groups excluding carboxylic acids is 1. The Balaban J connectivity index is 2.27. The van der Waals surface area contributed by atoms with Crippen LogP contribution in [0.1, 0.15) is 5.56 Å². The summed E-state index contributed by atoms with van der Waals surface area (Å²) in [6.45, 7) is 0. The summed E-state index contributed by atoms with van der Waals surface area (Å²) >= 11 is 0. The molecule has 0 saturated carbocycles. The first-order valence-corrected chi connectivity index (χ1v) is 5.11. The van der Waals surface area contributed by atoms with Crippen molar-refractivity contribution < 1.29 is 9.53 Å². The molecule has 1 heterocycles. The standard InChI is InChI=1S/C12H14N2O2/c1-16-12(15)10(13)7-8-3-2-4-11-9(8)5-6-14-11/h2-6,10,14H,7,13H2,1H3/t10-/m0/s1. The lowest BCUT2D eigenvalue weighted by Gasteiger charge is -2.09. The number of nitrogens with one attached hydrogen (secondary N) is 1. The van der Waals surface area contributed by atoms with Crippen LogP contribution in [0.2, 0.25) is 0 Å². The minimum atomic E-state index is -0.606. The molecular formula is C12H14N2O2. The first kappa shape index (κ1) is 10.7. The molecule has 0 bridgehead atoms. The Labute approximate surface area is 93.4 Å². The van der Waals surface area contributed by atoms with Crippen LogP contribution in [0.25, 0.3) is 10.9 Å². The number of fused-ring (bicyclic) bond motifs is 1. The number of hydrogen-bond acceptors (Lipinski definition) is 3. The smallest absolute Gasteiger partial charge is 0.322 e. The maximum absolute atomic E-state index is 11.2. The van der Waals surface area contributed by atoms with Crippen LogP contribution in [-0.4, -0.2) is 24.1 Å². The van der Waals surface area contributed by atoms with Crippen LogP contribution in [0.4, 0.5) is 0 Å². The van der Waals surface area contributed by atoms with Gasteiger partial charge in [-0.1, -0.05) is 12.1 Å². The third-order valence-electron chi connectivity index (χ3n) is 2.63. The number of benzene rings is 1. The number of methoxy groups -OCH3 is 1. The van der Waals surface area contributed by atoms with Crippen LogP contribution in [-0.2, 0) is 16.0 Å². The highest BCUT2D eigenvalue weighted by molar-refractivity contribution is 5.84. The molecule has 0 radical (unpaired) electrons. The van der Waals surface area contributed by atoms with Gasteiger partial charge in [-0.05, 0) is 24.1 Å². The Morgan fingerprint density at radius 1 is 1.50 bits per heavy atom. The topological polar surface area (TPSA) is 68.1 Å². The van der Waals surface area contributed by atoms with E-state index in [2.05, 4.69) is 9.72 Å². The minimum absolute atomic E-state index is 0.382. The largest absolute Gasteiger partial charge is 0.468 e. The van der Waals surface area contributed by atoms with Crippen LogP contribution in [0, 0.1) is 0 Å². The average Bonchev–Trinajstić information content (AvgIpc) is 2.77. The van der Waals surface area contributed by atoms with Gasteiger partial charge >= 0.3 is 5.97 Å². The molecule has 0 unspecified atom stereocenters. The van der Waals surface area contributed by atoms with E-state index in [1.165, 1.54) is 7.11 Å². The summed E-state index contributed by atoms with van der Waals surface area (Å²) in [6.07, 6.45) is 2.36. The molecule has 2 rings (SSSR count). The van der Waals surface area contributed by atoms with Crippen molar-refractivity contribution in [1.29, 1.82) is 0 Å². The summed E-state index contributed by atoms with van der Waals surface area (Å²) in [4.78, 5) is 14.4. The lowest BCUT2D eigenvalue weighted by atomic mass is 10.0. The van der Waals surface area contributed by atoms with Gasteiger partial charge in [-0.25, -0.2) is 0 Å². The summed E-state index contributed by atoms with van der Waals surface area (Å²) in [5, 5.41) is 1.10. The molecule has 1 aromatic carbocycles. The van der Waals surface area contributed by atoms with Gasteiger partial charge < -0.3 is 15.5 Å². The van der Waals surface area contributed by atoms with Crippen molar-refractivity contribution in [2.45, 2.75) is 12.5 Å². The van der Waals surface area contributed by atoms with Crippen molar-refractivity contribution in [3.8, 4) is 0 Å². The van der Waals surface area contributed by atoms with Gasteiger partial charge in [0.15, 0.2) is 0 Å². The normalized spacial score (nSPS) is 12.6. The fraction of sp³-hybridized carbons (Fsp3) is 0.250. The monoisotopic (exact) mass is 218 g/mol. The highest BCUT2D eigenvalue weighted by atomic mass is 16.5. The Hall–Kier alpha value is -1.81. The summed E-state index contributed by atoms with van der Waals surface area (Å²) in [7, 11) is 1.35. The molecule has 0 amide bonds. The van der Waals surface area contributed by atoms with Crippen LogP contribution in [0.15, 0.2) is 30.5 Å². The number of H-pyrrole nitrogens is 1. The Bertz CT molecular complexity index is 504. The molecule has 4 nitrogen and oxygen atoms in total. The van der Waals surface area contributed by atoms with Crippen molar-refractivity contribution >= 4 is 16.9 Å². The van der Waals surface area contributed by atoms with Crippen molar-refractivity contribution in [3.05, 3.63) is 36.0 Å². The van der Waals surface area contributed by atoms with E-state index >= 15 is 0 Å². The van der Waals surface area contributed by atoms with Gasteiger partial charge in [0.25, 0.3) is 0 Å². The number of rotatable bonds is 3. The molecule has 0 saturated heterocycles. The van der Waals surface area contributed by atoms with E-state index in [0.717, 1.165) is 16.5 Å². The SMILES string of the molecule is COC(=O)[C@@H](N)Cc1cccc2[nH]ccc12. The Kier molecular flexibility index (Phi) is 2.92. The zero-order valence-electron chi connectivity index (χ0n) is 9.07. The number of nitrogens with two attached hydrogens (primary N) is 1. The van der Waals surface area contributed by atoms with E-state index in [9.17, 15) is 4.79 Å². The van der Waals surface area contributed by atoms with Gasteiger partial charge in [-0.3, -0.25) is 4.79 Å². The molecule has 0 spiro atoms. The Morgan fingerprint density at radius 3 is 3.06 bits per heavy atom. The Morgan fingerprint density at radius 2 is 2.31 bits per heavy atom. The van der Waals surface area contributed by atoms with Gasteiger partial charge in [-0.15, -0.1) is 0 Å². The molecule has 1 atom stereocenters. The molecule has 4 heteroatoms. The minimum Gasteiger partial charge on any atom is -0.468 e. The molecule has 0 aliphatic carbocycles. The summed E-state index contributed by atoms with van der Waals surface area (Å²) in [5.74, 6) is -0.382. The predicted molar refractivity (Wildman–Crippen MR) is 62.0 cm³/mol. The molecular weight excluding hydrogens is 204 g/mol. The van der Waals surface area contributed by atoms with Gasteiger partial charge in [0.1, 0.15) is 6.04 Å². The fourth-order valence-electron chi connectivity index (χ4n) is 1.80. The van der Waals surface area contributed by atoms with Crippen LogP contribution in [0.3, 0.4) is 0 Å². The highest BCUT2D eigenvalue weighted by Crippen LogP contribution is 2.18. The molecule has 0 aliphatic heterocycles. The van der Waals surface area contributed by atoms with Gasteiger partial charge in [-0.2, -0.15) is 0 Å². The van der Waals surface area contributed by atoms with Crippen molar-refractivity contribution in [1.82, 2.24) is 4.98 Å². The maximum atomic E-state index is 11.2. The molecule has 3 N–H and O–H groups in total. The zero-order chi connectivity index (χ0) is 11.5. The maximum Gasteiger partial charge on any atom is 0.322 e. The molecule has 84 valence electrons. The quantitative estimate of drug-likeness (QED) is 0.761. The first-order valence-electron chi connectivity index (χ1n) is 5.11. The van der Waals surface area contributed by atoms with Crippen LogP contribution in [0.5, 0.6) is 0 Å². The highest BCUT2D eigenvalue weighted by Gasteiger charge is 2.15. The van der Waals surface area contributed by atoms with E-state index in [0.29, 0.717) is 6.42 Å². The third-order valence-corrected chi connectivity index (χ3v) is 2.63. The summed E-state index contributed by atoms with van der Waals surface area (Å²) in [6, 6.07) is 7.28. The van der Waals surface area contributed by atoms with Crippen molar-refractivity contribution in [2.75, 3.05) is 7.11 Å². The average molecular weight is 218 g/mol. The van der Waals surface area contributed by atoms with Crippen molar-refractivity contribution in [3.63, 3.8) is 0 Å². The predicted octanol–water partition coefficient (Wildman–Crippen LogP) is 1.21. The van der Waals surface area contributed by atoms with Crippen molar-refractivity contribution in [2.24, 2.45) is 5.73 Å². The number of hydrogen-bond donors (Lipinski definition) is 2. The number of ether oxygens (including phenoxy) is 1. The van der Waals surface area contributed by atoms with Gasteiger partial charge in [0.2, 0.25) is 0 Å².